The molecule has 158 valence electrons. The van der Waals surface area contributed by atoms with Crippen molar-refractivity contribution >= 4 is 40.9 Å². The van der Waals surface area contributed by atoms with E-state index in [1.807, 2.05) is 6.07 Å². The van der Waals surface area contributed by atoms with Gasteiger partial charge in [-0.25, -0.2) is 0 Å². The van der Waals surface area contributed by atoms with E-state index >= 15 is 0 Å². The number of anilines is 2. The summed E-state index contributed by atoms with van der Waals surface area (Å²) in [7, 11) is 1.47. The Morgan fingerprint density at radius 2 is 1.83 bits per heavy atom. The lowest BCUT2D eigenvalue weighted by Gasteiger charge is -2.12. The van der Waals surface area contributed by atoms with Crippen molar-refractivity contribution in [3.05, 3.63) is 47.5 Å². The second kappa shape index (κ2) is 10.2. The molecule has 0 heterocycles. The molecule has 30 heavy (non-hydrogen) atoms. The van der Waals surface area contributed by atoms with Gasteiger partial charge in [0.15, 0.2) is 6.61 Å². The summed E-state index contributed by atoms with van der Waals surface area (Å²) >= 11 is 1.40. The number of ether oxygens (including phenoxy) is 2. The van der Waals surface area contributed by atoms with Gasteiger partial charge in [0.1, 0.15) is 5.75 Å². The minimum Gasteiger partial charge on any atom is -0.495 e. The maximum Gasteiger partial charge on any atom is 0.316 e. The van der Waals surface area contributed by atoms with E-state index in [4.69, 9.17) is 9.47 Å². The van der Waals surface area contributed by atoms with Gasteiger partial charge in [0.25, 0.3) is 5.91 Å². The Balaban J connectivity index is 1.48. The summed E-state index contributed by atoms with van der Waals surface area (Å²) in [5.41, 5.74) is 3.62. The van der Waals surface area contributed by atoms with Crippen LogP contribution in [-0.2, 0) is 32.0 Å². The Hall–Kier alpha value is -3.00. The SMILES string of the molecule is COc1ccc(NC(C)=O)cc1NC(=O)COC(=O)CSc1ccc2c(c1)CCC2. The summed E-state index contributed by atoms with van der Waals surface area (Å²) in [5.74, 6) is -0.630. The van der Waals surface area contributed by atoms with Crippen LogP contribution in [0.1, 0.15) is 24.5 Å². The first-order chi connectivity index (χ1) is 14.4. The van der Waals surface area contributed by atoms with Gasteiger partial charge >= 0.3 is 5.97 Å². The number of carbonyl (C=O) groups excluding carboxylic acids is 3. The highest BCUT2D eigenvalue weighted by molar-refractivity contribution is 8.00. The fraction of sp³-hybridized carbons (Fsp3) is 0.318. The Morgan fingerprint density at radius 3 is 2.60 bits per heavy atom. The molecular formula is C22H24N2O5S. The molecule has 1 aliphatic rings. The lowest BCUT2D eigenvalue weighted by atomic mass is 10.1. The number of carbonyl (C=O) groups is 3. The molecule has 2 amide bonds. The number of fused-ring (bicyclic) bond motifs is 1. The highest BCUT2D eigenvalue weighted by atomic mass is 32.2. The number of amides is 2. The third kappa shape index (κ3) is 6.00. The fourth-order valence-corrected chi connectivity index (χ4v) is 4.00. The standard InChI is InChI=1S/C22H24N2O5S/c1-14(25)23-17-7-9-20(28-2)19(11-17)24-21(26)12-29-22(27)13-30-18-8-6-15-4-3-5-16(15)10-18/h6-11H,3-5,12-13H2,1-2H3,(H,23,25)(H,24,26). The number of methoxy groups -OCH3 is 1. The zero-order valence-electron chi connectivity index (χ0n) is 16.9. The Bertz CT molecular complexity index is 961. The molecule has 3 rings (SSSR count). The van der Waals surface area contributed by atoms with Crippen LogP contribution in [0.3, 0.4) is 0 Å². The quantitative estimate of drug-likeness (QED) is 0.494. The van der Waals surface area contributed by atoms with Crippen LogP contribution in [0.25, 0.3) is 0 Å². The molecule has 2 N–H and O–H groups in total. The van der Waals surface area contributed by atoms with Crippen LogP contribution in [0, 0.1) is 0 Å². The smallest absolute Gasteiger partial charge is 0.316 e. The minimum atomic E-state index is -0.496. The number of benzene rings is 2. The number of esters is 1. The number of thioether (sulfide) groups is 1. The van der Waals surface area contributed by atoms with Crippen LogP contribution in [0.15, 0.2) is 41.3 Å². The molecule has 0 saturated heterocycles. The van der Waals surface area contributed by atoms with Crippen molar-refractivity contribution < 1.29 is 23.9 Å². The van der Waals surface area contributed by atoms with E-state index in [0.717, 1.165) is 17.7 Å². The predicted octanol–water partition coefficient (Wildman–Crippen LogP) is 3.42. The predicted molar refractivity (Wildman–Crippen MR) is 116 cm³/mol. The Morgan fingerprint density at radius 1 is 1.03 bits per heavy atom. The maximum absolute atomic E-state index is 12.2. The van der Waals surface area contributed by atoms with Gasteiger partial charge in [-0.05, 0) is 60.7 Å². The second-order valence-electron chi connectivity index (χ2n) is 6.88. The van der Waals surface area contributed by atoms with E-state index in [2.05, 4.69) is 22.8 Å². The van der Waals surface area contributed by atoms with Crippen molar-refractivity contribution in [1.82, 2.24) is 0 Å². The molecule has 0 unspecified atom stereocenters. The number of hydrogen-bond acceptors (Lipinski definition) is 6. The first-order valence-electron chi connectivity index (χ1n) is 9.60. The lowest BCUT2D eigenvalue weighted by molar-refractivity contribution is -0.144. The summed E-state index contributed by atoms with van der Waals surface area (Å²) in [6, 6.07) is 11.1. The van der Waals surface area contributed by atoms with Gasteiger partial charge in [0.2, 0.25) is 5.91 Å². The summed E-state index contributed by atoms with van der Waals surface area (Å²) in [5, 5.41) is 5.27. The third-order valence-electron chi connectivity index (χ3n) is 4.58. The molecule has 8 heteroatoms. The zero-order chi connectivity index (χ0) is 21.5. The molecule has 0 fully saturated rings. The molecular weight excluding hydrogens is 404 g/mol. The Labute approximate surface area is 179 Å². The van der Waals surface area contributed by atoms with Gasteiger partial charge < -0.3 is 20.1 Å². The number of aryl methyl sites for hydroxylation is 2. The average Bonchev–Trinajstić information content (AvgIpc) is 3.18. The number of hydrogen-bond donors (Lipinski definition) is 2. The third-order valence-corrected chi connectivity index (χ3v) is 5.55. The minimum absolute atomic E-state index is 0.132. The van der Waals surface area contributed by atoms with Gasteiger partial charge in [0, 0.05) is 17.5 Å². The van der Waals surface area contributed by atoms with Crippen molar-refractivity contribution in [2.75, 3.05) is 30.1 Å². The normalized spacial score (nSPS) is 12.1. The molecule has 0 aliphatic heterocycles. The van der Waals surface area contributed by atoms with Crippen LogP contribution in [0.2, 0.25) is 0 Å². The molecule has 0 spiro atoms. The van der Waals surface area contributed by atoms with Crippen molar-refractivity contribution in [3.8, 4) is 5.75 Å². The van der Waals surface area contributed by atoms with E-state index in [0.29, 0.717) is 17.1 Å². The molecule has 1 aliphatic carbocycles. The topological polar surface area (TPSA) is 93.7 Å². The average molecular weight is 429 g/mol. The maximum atomic E-state index is 12.2. The molecule has 0 bridgehead atoms. The van der Waals surface area contributed by atoms with Crippen LogP contribution in [0.4, 0.5) is 11.4 Å². The van der Waals surface area contributed by atoms with Crippen LogP contribution in [-0.4, -0.2) is 37.3 Å². The van der Waals surface area contributed by atoms with Gasteiger partial charge in [-0.3, -0.25) is 14.4 Å². The van der Waals surface area contributed by atoms with Gasteiger partial charge in [-0.1, -0.05) is 6.07 Å². The fourth-order valence-electron chi connectivity index (χ4n) is 3.24. The molecule has 0 atom stereocenters. The van der Waals surface area contributed by atoms with Crippen LogP contribution >= 0.6 is 11.8 Å². The molecule has 0 radical (unpaired) electrons. The zero-order valence-corrected chi connectivity index (χ0v) is 17.8. The van der Waals surface area contributed by atoms with Crippen LogP contribution < -0.4 is 15.4 Å². The highest BCUT2D eigenvalue weighted by Crippen LogP contribution is 2.29. The van der Waals surface area contributed by atoms with Gasteiger partial charge in [-0.15, -0.1) is 11.8 Å². The summed E-state index contributed by atoms with van der Waals surface area (Å²) in [6.45, 7) is 0.986. The monoisotopic (exact) mass is 428 g/mol. The van der Waals surface area contributed by atoms with E-state index in [9.17, 15) is 14.4 Å². The molecule has 2 aromatic rings. The van der Waals surface area contributed by atoms with E-state index in [1.54, 1.807) is 18.2 Å². The summed E-state index contributed by atoms with van der Waals surface area (Å²) in [4.78, 5) is 36.4. The largest absolute Gasteiger partial charge is 0.495 e. The van der Waals surface area contributed by atoms with Gasteiger partial charge in [-0.2, -0.15) is 0 Å². The summed E-state index contributed by atoms with van der Waals surface area (Å²) in [6.07, 6.45) is 3.38. The molecule has 0 saturated carbocycles. The van der Waals surface area contributed by atoms with Crippen molar-refractivity contribution in [3.63, 3.8) is 0 Å². The molecule has 0 aromatic heterocycles. The van der Waals surface area contributed by atoms with E-state index in [-0.39, 0.29) is 11.7 Å². The highest BCUT2D eigenvalue weighted by Gasteiger charge is 2.14. The lowest BCUT2D eigenvalue weighted by Crippen LogP contribution is -2.22. The molecule has 2 aromatic carbocycles. The first-order valence-corrected chi connectivity index (χ1v) is 10.6. The first kappa shape index (κ1) is 21.7. The summed E-state index contributed by atoms with van der Waals surface area (Å²) < 4.78 is 10.3. The van der Waals surface area contributed by atoms with Crippen LogP contribution in [0.5, 0.6) is 5.75 Å². The number of nitrogens with one attached hydrogen (secondary N) is 2. The van der Waals surface area contributed by atoms with E-state index in [1.165, 1.54) is 43.3 Å². The molecule has 7 nitrogen and oxygen atoms in total. The van der Waals surface area contributed by atoms with Crippen molar-refractivity contribution in [1.29, 1.82) is 0 Å². The number of rotatable bonds is 8. The van der Waals surface area contributed by atoms with Crippen molar-refractivity contribution in [2.24, 2.45) is 0 Å². The van der Waals surface area contributed by atoms with E-state index < -0.39 is 18.5 Å². The van der Waals surface area contributed by atoms with Crippen molar-refractivity contribution in [2.45, 2.75) is 31.1 Å². The van der Waals surface area contributed by atoms with Gasteiger partial charge in [0.05, 0.1) is 18.6 Å². The Kier molecular flexibility index (Phi) is 7.35. The second-order valence-corrected chi connectivity index (χ2v) is 7.93.